The Hall–Kier alpha value is -0.740. The summed E-state index contributed by atoms with van der Waals surface area (Å²) in [5.74, 6) is -0.721. The van der Waals surface area contributed by atoms with Crippen LogP contribution in [0.3, 0.4) is 0 Å². The predicted octanol–water partition coefficient (Wildman–Crippen LogP) is 1.50. The molecule has 132 valence electrons. The zero-order chi connectivity index (χ0) is 16.2. The lowest BCUT2D eigenvalue weighted by atomic mass is 10.1. The van der Waals surface area contributed by atoms with Gasteiger partial charge in [-0.15, -0.1) is 23.7 Å². The van der Waals surface area contributed by atoms with Crippen LogP contribution in [-0.2, 0) is 14.8 Å². The van der Waals surface area contributed by atoms with E-state index in [1.165, 1.54) is 16.9 Å². The van der Waals surface area contributed by atoms with Gasteiger partial charge in [-0.05, 0) is 32.4 Å². The van der Waals surface area contributed by atoms with Crippen molar-refractivity contribution in [3.63, 3.8) is 0 Å². The molecule has 1 aliphatic heterocycles. The van der Waals surface area contributed by atoms with Gasteiger partial charge in [-0.2, -0.15) is 4.31 Å². The van der Waals surface area contributed by atoms with E-state index in [9.17, 15) is 13.2 Å². The van der Waals surface area contributed by atoms with E-state index in [1.807, 2.05) is 6.92 Å². The number of aromatic nitrogens is 1. The molecule has 10 heteroatoms. The van der Waals surface area contributed by atoms with Crippen LogP contribution in [0.5, 0.6) is 0 Å². The van der Waals surface area contributed by atoms with E-state index in [4.69, 9.17) is 0 Å². The highest BCUT2D eigenvalue weighted by atomic mass is 35.5. The third-order valence-corrected chi connectivity index (χ3v) is 6.92. The average molecular weight is 384 g/mol. The molecule has 23 heavy (non-hydrogen) atoms. The molecule has 0 amide bonds. The Bertz CT molecular complexity index is 614. The van der Waals surface area contributed by atoms with Crippen molar-refractivity contribution in [3.8, 4) is 0 Å². The molecule has 0 spiro atoms. The summed E-state index contributed by atoms with van der Waals surface area (Å²) in [6.07, 6.45) is 2.26. The van der Waals surface area contributed by atoms with Crippen LogP contribution in [0.4, 0.5) is 0 Å². The first kappa shape index (κ1) is 20.3. The molecule has 1 fully saturated rings. The summed E-state index contributed by atoms with van der Waals surface area (Å²) < 4.78 is 32.1. The minimum Gasteiger partial charge on any atom is -0.464 e. The number of esters is 1. The van der Waals surface area contributed by atoms with E-state index in [0.717, 1.165) is 43.7 Å². The van der Waals surface area contributed by atoms with Crippen molar-refractivity contribution in [1.29, 1.82) is 0 Å². The van der Waals surface area contributed by atoms with Gasteiger partial charge in [0, 0.05) is 12.6 Å². The van der Waals surface area contributed by atoms with Crippen molar-refractivity contribution >= 4 is 39.7 Å². The molecule has 0 saturated carbocycles. The number of hydrogen-bond donors (Lipinski definition) is 1. The Balaban J connectivity index is 0.00000264. The number of sulfonamides is 1. The fourth-order valence-corrected chi connectivity index (χ4v) is 5.60. The van der Waals surface area contributed by atoms with E-state index < -0.39 is 16.0 Å². The summed E-state index contributed by atoms with van der Waals surface area (Å²) in [6.45, 7) is 3.98. The van der Waals surface area contributed by atoms with Crippen LogP contribution < -0.4 is 5.32 Å². The molecular formula is C13H22ClN3O4S2. The Labute approximate surface area is 146 Å². The Morgan fingerprint density at radius 1 is 1.48 bits per heavy atom. The van der Waals surface area contributed by atoms with Crippen LogP contribution in [0.1, 0.15) is 36.7 Å². The van der Waals surface area contributed by atoms with Crippen LogP contribution in [-0.4, -0.2) is 56.5 Å². The highest BCUT2D eigenvalue weighted by Crippen LogP contribution is 2.28. The number of piperidine rings is 1. The lowest BCUT2D eigenvalue weighted by molar-refractivity contribution is 0.0590. The number of nitrogens with zero attached hydrogens (tertiary/aromatic N) is 2. The summed E-state index contributed by atoms with van der Waals surface area (Å²) in [5, 5.41) is 3.23. The van der Waals surface area contributed by atoms with Gasteiger partial charge >= 0.3 is 5.97 Å². The van der Waals surface area contributed by atoms with Gasteiger partial charge in [0.05, 0.1) is 12.6 Å². The molecule has 0 bridgehead atoms. The summed E-state index contributed by atoms with van der Waals surface area (Å²) in [6, 6.07) is -0.0428. The second-order valence-corrected chi connectivity index (χ2v) is 8.02. The topological polar surface area (TPSA) is 88.6 Å². The standard InChI is InChI=1S/C13H21N3O4S2.ClH/c1-3-8-16(10-4-6-14-7-5-10)22(18,19)13-11(12(17)20-2)15-9-21-13;/h9-10,14H,3-8H2,1-2H3;1H. The summed E-state index contributed by atoms with van der Waals surface area (Å²) in [4.78, 5) is 15.6. The third-order valence-electron chi connectivity index (χ3n) is 3.62. The Morgan fingerprint density at radius 3 is 2.70 bits per heavy atom. The highest BCUT2D eigenvalue weighted by Gasteiger charge is 2.36. The SMILES string of the molecule is CCCN(C1CCNCC1)S(=O)(=O)c1scnc1C(=O)OC.Cl. The van der Waals surface area contributed by atoms with Gasteiger partial charge in [-0.1, -0.05) is 6.92 Å². The van der Waals surface area contributed by atoms with E-state index in [-0.39, 0.29) is 28.4 Å². The number of thiazole rings is 1. The van der Waals surface area contributed by atoms with Crippen molar-refractivity contribution in [1.82, 2.24) is 14.6 Å². The van der Waals surface area contributed by atoms with Crippen LogP contribution in [0, 0.1) is 0 Å². The first-order chi connectivity index (χ1) is 10.5. The maximum atomic E-state index is 13.0. The monoisotopic (exact) mass is 383 g/mol. The molecule has 1 saturated heterocycles. The van der Waals surface area contributed by atoms with Gasteiger partial charge in [0.2, 0.25) is 0 Å². The molecule has 0 atom stereocenters. The number of hydrogen-bond acceptors (Lipinski definition) is 7. The van der Waals surface area contributed by atoms with Crippen molar-refractivity contribution in [2.24, 2.45) is 0 Å². The van der Waals surface area contributed by atoms with E-state index in [0.29, 0.717) is 6.54 Å². The highest BCUT2D eigenvalue weighted by molar-refractivity contribution is 7.91. The fourth-order valence-electron chi connectivity index (χ4n) is 2.57. The van der Waals surface area contributed by atoms with Crippen LogP contribution in [0.2, 0.25) is 0 Å². The van der Waals surface area contributed by atoms with Crippen LogP contribution in [0.15, 0.2) is 9.72 Å². The summed E-state index contributed by atoms with van der Waals surface area (Å²) in [5.41, 5.74) is 1.24. The van der Waals surface area contributed by atoms with Gasteiger partial charge < -0.3 is 10.1 Å². The molecule has 7 nitrogen and oxygen atoms in total. The first-order valence-corrected chi connectivity index (χ1v) is 9.58. The van der Waals surface area contributed by atoms with Crippen molar-refractivity contribution < 1.29 is 17.9 Å². The Morgan fingerprint density at radius 2 is 2.13 bits per heavy atom. The smallest absolute Gasteiger partial charge is 0.358 e. The van der Waals surface area contributed by atoms with Crippen molar-refractivity contribution in [2.45, 2.75) is 36.4 Å². The maximum absolute atomic E-state index is 13.0. The minimum absolute atomic E-state index is 0. The molecule has 1 aromatic heterocycles. The van der Waals surface area contributed by atoms with E-state index in [1.54, 1.807) is 0 Å². The molecule has 2 rings (SSSR count). The molecule has 0 unspecified atom stereocenters. The molecule has 0 radical (unpaired) electrons. The number of halogens is 1. The second-order valence-electron chi connectivity index (χ2n) is 5.08. The first-order valence-electron chi connectivity index (χ1n) is 7.26. The summed E-state index contributed by atoms with van der Waals surface area (Å²) >= 11 is 0.961. The van der Waals surface area contributed by atoms with Crippen molar-refractivity contribution in [2.75, 3.05) is 26.7 Å². The lowest BCUT2D eigenvalue weighted by Crippen LogP contribution is -2.46. The maximum Gasteiger partial charge on any atom is 0.358 e. The second kappa shape index (κ2) is 8.93. The van der Waals surface area contributed by atoms with Crippen LogP contribution in [0.25, 0.3) is 0 Å². The van der Waals surface area contributed by atoms with Crippen LogP contribution >= 0.6 is 23.7 Å². The van der Waals surface area contributed by atoms with E-state index >= 15 is 0 Å². The largest absolute Gasteiger partial charge is 0.464 e. The molecule has 0 aromatic carbocycles. The summed E-state index contributed by atoms with van der Waals surface area (Å²) in [7, 11) is -2.53. The molecular weight excluding hydrogens is 362 g/mol. The lowest BCUT2D eigenvalue weighted by Gasteiger charge is -2.33. The van der Waals surface area contributed by atoms with Gasteiger partial charge in [0.25, 0.3) is 10.0 Å². The Kier molecular flexibility index (Phi) is 7.88. The molecule has 1 N–H and O–H groups in total. The fraction of sp³-hybridized carbons (Fsp3) is 0.692. The van der Waals surface area contributed by atoms with Gasteiger partial charge in [0.15, 0.2) is 9.90 Å². The number of ether oxygens (including phenoxy) is 1. The normalized spacial score (nSPS) is 16.1. The third kappa shape index (κ3) is 4.42. The van der Waals surface area contributed by atoms with E-state index in [2.05, 4.69) is 15.0 Å². The zero-order valence-corrected chi connectivity index (χ0v) is 15.6. The van der Waals surface area contributed by atoms with Gasteiger partial charge in [-0.3, -0.25) is 0 Å². The van der Waals surface area contributed by atoms with Gasteiger partial charge in [0.1, 0.15) is 0 Å². The number of rotatable bonds is 6. The number of nitrogens with one attached hydrogen (secondary N) is 1. The molecule has 1 aromatic rings. The quantitative estimate of drug-likeness (QED) is 0.749. The molecule has 2 heterocycles. The minimum atomic E-state index is -3.74. The molecule has 0 aliphatic carbocycles. The zero-order valence-electron chi connectivity index (χ0n) is 13.1. The average Bonchev–Trinajstić information content (AvgIpc) is 3.03. The number of methoxy groups -OCH3 is 1. The van der Waals surface area contributed by atoms with Gasteiger partial charge in [-0.25, -0.2) is 18.2 Å². The molecule has 1 aliphatic rings. The predicted molar refractivity (Wildman–Crippen MR) is 90.8 cm³/mol. The number of carbonyl (C=O) groups is 1. The number of carbonyl (C=O) groups excluding carboxylic acids is 1. The van der Waals surface area contributed by atoms with Crippen molar-refractivity contribution in [3.05, 3.63) is 11.2 Å².